The van der Waals surface area contributed by atoms with E-state index in [1.54, 1.807) is 0 Å². The molecule has 3 aliphatic rings. The van der Waals surface area contributed by atoms with E-state index in [0.29, 0.717) is 5.92 Å². The van der Waals surface area contributed by atoms with Crippen LogP contribution in [0.5, 0.6) is 0 Å². The highest BCUT2D eigenvalue weighted by Gasteiger charge is 2.63. The van der Waals surface area contributed by atoms with Crippen LogP contribution in [0, 0.1) is 5.92 Å². The molecule has 1 aliphatic carbocycles. The van der Waals surface area contributed by atoms with Gasteiger partial charge in [0.2, 0.25) is 0 Å². The summed E-state index contributed by atoms with van der Waals surface area (Å²) in [5.41, 5.74) is 2.54. The average molecular weight is 357 g/mol. The maximum absolute atomic E-state index is 6.54. The summed E-state index contributed by atoms with van der Waals surface area (Å²) in [4.78, 5) is 0. The number of fused-ring (bicyclic) bond motifs is 1. The standard InChI is InChI=1S/C21H23B2N2O2/c1-3-8-16(9-4-1)21(17-10-5-2-6-11-17)18-12-7-13-19(18)27-23(21)25-24-20-14-15-22-26-20/h1-6,8-11,18-20H,7,12-15H2/t18?,19?,20-/m0/s1. The highest BCUT2D eigenvalue weighted by atomic mass is 16.5. The highest BCUT2D eigenvalue weighted by molar-refractivity contribution is 6.55. The molecule has 0 spiro atoms. The molecular weight excluding hydrogens is 334 g/mol. The van der Waals surface area contributed by atoms with Crippen LogP contribution in [0.4, 0.5) is 0 Å². The highest BCUT2D eigenvalue weighted by Crippen LogP contribution is 2.55. The van der Waals surface area contributed by atoms with Gasteiger partial charge < -0.3 is 9.31 Å². The van der Waals surface area contributed by atoms with E-state index >= 15 is 0 Å². The van der Waals surface area contributed by atoms with Crippen molar-refractivity contribution in [3.05, 3.63) is 71.8 Å². The molecule has 0 bridgehead atoms. The van der Waals surface area contributed by atoms with Gasteiger partial charge in [-0.25, -0.2) is 5.03 Å². The molecule has 0 aromatic heterocycles. The average Bonchev–Trinajstić information content (AvgIpc) is 3.45. The van der Waals surface area contributed by atoms with E-state index in [9.17, 15) is 0 Å². The molecule has 27 heavy (non-hydrogen) atoms. The third-order valence-corrected chi connectivity index (χ3v) is 6.32. The van der Waals surface area contributed by atoms with Crippen LogP contribution in [0.25, 0.3) is 0 Å². The van der Waals surface area contributed by atoms with Gasteiger partial charge in [-0.3, -0.25) is 0 Å². The van der Waals surface area contributed by atoms with Crippen molar-refractivity contribution in [3.63, 3.8) is 0 Å². The number of rotatable bonds is 4. The Morgan fingerprint density at radius 1 is 0.926 bits per heavy atom. The van der Waals surface area contributed by atoms with E-state index in [1.165, 1.54) is 17.5 Å². The van der Waals surface area contributed by atoms with Crippen LogP contribution in [0.3, 0.4) is 0 Å². The molecule has 5 rings (SSSR count). The molecule has 135 valence electrons. The van der Waals surface area contributed by atoms with Crippen molar-refractivity contribution in [1.29, 1.82) is 0 Å². The summed E-state index contributed by atoms with van der Waals surface area (Å²) in [5, 5.41) is 8.98. The van der Waals surface area contributed by atoms with Gasteiger partial charge in [-0.1, -0.05) is 67.1 Å². The van der Waals surface area contributed by atoms with Gasteiger partial charge in [-0.05, 0) is 42.6 Å². The second-order valence-electron chi connectivity index (χ2n) is 7.73. The van der Waals surface area contributed by atoms with Crippen LogP contribution in [0.1, 0.15) is 36.8 Å². The molecule has 3 fully saturated rings. The van der Waals surface area contributed by atoms with Gasteiger partial charge in [0.25, 0.3) is 7.48 Å². The summed E-state index contributed by atoms with van der Waals surface area (Å²) in [7, 11) is 1.51. The van der Waals surface area contributed by atoms with Crippen LogP contribution in [-0.2, 0) is 14.6 Å². The molecule has 2 heterocycles. The Balaban J connectivity index is 1.64. The van der Waals surface area contributed by atoms with E-state index < -0.39 is 0 Å². The molecule has 0 amide bonds. The van der Waals surface area contributed by atoms with Crippen molar-refractivity contribution >= 4 is 14.5 Å². The third kappa shape index (κ3) is 2.86. The lowest BCUT2D eigenvalue weighted by Gasteiger charge is -2.35. The number of hydrogen-bond donors (Lipinski definition) is 0. The van der Waals surface area contributed by atoms with E-state index in [0.717, 1.165) is 25.6 Å². The Hall–Kier alpha value is -1.91. The fourth-order valence-electron chi connectivity index (χ4n) is 5.17. The van der Waals surface area contributed by atoms with E-state index in [4.69, 9.17) is 14.3 Å². The first-order valence-electron chi connectivity index (χ1n) is 10.0. The summed E-state index contributed by atoms with van der Waals surface area (Å²) in [6.07, 6.45) is 5.38. The quantitative estimate of drug-likeness (QED) is 0.600. The Morgan fingerprint density at radius 2 is 1.63 bits per heavy atom. The largest absolute Gasteiger partial charge is 0.472 e. The summed E-state index contributed by atoms with van der Waals surface area (Å²) < 4.78 is 12.1. The lowest BCUT2D eigenvalue weighted by Crippen LogP contribution is -2.44. The van der Waals surface area contributed by atoms with Crippen molar-refractivity contribution in [3.8, 4) is 0 Å². The van der Waals surface area contributed by atoms with Gasteiger partial charge in [0.15, 0.2) is 6.23 Å². The molecule has 2 aliphatic heterocycles. The second-order valence-corrected chi connectivity index (χ2v) is 7.73. The first kappa shape index (κ1) is 17.2. The molecule has 2 unspecified atom stereocenters. The molecular formula is C21H23B2N2O2. The number of hydrogen-bond acceptors (Lipinski definition) is 4. The summed E-state index contributed by atoms with van der Waals surface area (Å²) in [5.74, 6) is 0.419. The van der Waals surface area contributed by atoms with Crippen molar-refractivity contribution in [1.82, 2.24) is 0 Å². The molecule has 2 saturated heterocycles. The molecule has 4 nitrogen and oxygen atoms in total. The van der Waals surface area contributed by atoms with Crippen LogP contribution in [0.2, 0.25) is 6.32 Å². The Labute approximate surface area is 161 Å². The van der Waals surface area contributed by atoms with Crippen molar-refractivity contribution < 1.29 is 9.31 Å². The van der Waals surface area contributed by atoms with Crippen molar-refractivity contribution in [2.45, 2.75) is 49.6 Å². The second kappa shape index (κ2) is 7.25. The van der Waals surface area contributed by atoms with Gasteiger partial charge in [0.05, 0.1) is 5.31 Å². The molecule has 1 radical (unpaired) electrons. The van der Waals surface area contributed by atoms with Crippen molar-refractivity contribution in [2.24, 2.45) is 16.1 Å². The zero-order valence-electron chi connectivity index (χ0n) is 15.4. The van der Waals surface area contributed by atoms with Crippen LogP contribution in [-0.4, -0.2) is 26.9 Å². The Bertz CT molecular complexity index is 757. The summed E-state index contributed by atoms with van der Waals surface area (Å²) in [6, 6.07) is 21.5. The van der Waals surface area contributed by atoms with Crippen LogP contribution in [0.15, 0.2) is 70.8 Å². The van der Waals surface area contributed by atoms with Gasteiger partial charge in [0, 0.05) is 6.10 Å². The SMILES string of the molecule is [B]1CC[C@@H](N=NB2OC3CCCC3C2(c2ccccc2)c2ccccc2)O1. The van der Waals surface area contributed by atoms with Crippen molar-refractivity contribution in [2.75, 3.05) is 0 Å². The van der Waals surface area contributed by atoms with E-state index in [2.05, 4.69) is 65.8 Å². The molecule has 0 N–H and O–H groups in total. The summed E-state index contributed by atoms with van der Waals surface area (Å²) in [6.45, 7) is 0. The minimum Gasteiger partial charge on any atom is -0.419 e. The van der Waals surface area contributed by atoms with Gasteiger partial charge in [-0.2, -0.15) is 5.11 Å². The molecule has 2 aromatic carbocycles. The first-order valence-corrected chi connectivity index (χ1v) is 10.0. The first-order chi connectivity index (χ1) is 13.4. The smallest absolute Gasteiger partial charge is 0.419 e. The van der Waals surface area contributed by atoms with Crippen LogP contribution < -0.4 is 0 Å². The van der Waals surface area contributed by atoms with Crippen LogP contribution >= 0.6 is 0 Å². The third-order valence-electron chi connectivity index (χ3n) is 6.32. The predicted octanol–water partition coefficient (Wildman–Crippen LogP) is 4.44. The lowest BCUT2D eigenvalue weighted by atomic mass is 9.45. The topological polar surface area (TPSA) is 43.2 Å². The molecule has 6 heteroatoms. The normalized spacial score (nSPS) is 29.2. The minimum atomic E-state index is -0.318. The summed E-state index contributed by atoms with van der Waals surface area (Å²) >= 11 is 0. The minimum absolute atomic E-state index is 0.168. The predicted molar refractivity (Wildman–Crippen MR) is 107 cm³/mol. The molecule has 3 atom stereocenters. The molecule has 2 aromatic rings. The maximum atomic E-state index is 6.54. The zero-order chi connectivity index (χ0) is 18.1. The number of nitrogens with zero attached hydrogens (tertiary/aromatic N) is 2. The molecule has 1 saturated carbocycles. The van der Waals surface area contributed by atoms with E-state index in [-0.39, 0.29) is 24.7 Å². The fraction of sp³-hybridized carbons (Fsp3) is 0.429. The number of benzene rings is 2. The lowest BCUT2D eigenvalue weighted by molar-refractivity contribution is 0.197. The zero-order valence-corrected chi connectivity index (χ0v) is 15.4. The van der Waals surface area contributed by atoms with E-state index in [1.807, 2.05) is 7.48 Å². The monoisotopic (exact) mass is 357 g/mol. The van der Waals surface area contributed by atoms with Gasteiger partial charge in [0.1, 0.15) is 0 Å². The Morgan fingerprint density at radius 3 is 2.26 bits per heavy atom. The van der Waals surface area contributed by atoms with Gasteiger partial charge >= 0.3 is 7.05 Å². The van der Waals surface area contributed by atoms with Gasteiger partial charge in [-0.15, -0.1) is 0 Å². The fourth-order valence-corrected chi connectivity index (χ4v) is 5.17. The Kier molecular flexibility index (Phi) is 4.62. The maximum Gasteiger partial charge on any atom is 0.472 e.